The fourth-order valence-electron chi connectivity index (χ4n) is 5.71. The van der Waals surface area contributed by atoms with Crippen LogP contribution in [-0.2, 0) is 16.6 Å². The van der Waals surface area contributed by atoms with E-state index in [1.165, 1.54) is 42.1 Å². The summed E-state index contributed by atoms with van der Waals surface area (Å²) < 4.78 is 0. The van der Waals surface area contributed by atoms with Gasteiger partial charge in [0.15, 0.2) is 0 Å². The van der Waals surface area contributed by atoms with Gasteiger partial charge in [-0.05, 0) is 61.7 Å². The molecule has 4 heteroatoms. The SMILES string of the molecule is CN(C[C@H](CCN1CCC2(CC1)CSc1ccccc12)c1ccccc1)C(=O)Cc1ccccc1. The third kappa shape index (κ3) is 5.65. The molecule has 0 aliphatic carbocycles. The lowest BCUT2D eigenvalue weighted by Crippen LogP contribution is -2.43. The molecule has 3 aromatic carbocycles. The Hall–Kier alpha value is -2.56. The van der Waals surface area contributed by atoms with Crippen molar-refractivity contribution >= 4 is 17.7 Å². The standard InChI is InChI=1S/C31H36N2OS/c1-32(30(34)22-25-10-4-2-5-11-25)23-27(26-12-6-3-7-13-26)16-19-33-20-17-31(18-21-33)24-35-29-15-9-8-14-28(29)31/h2-15,27H,16-24H2,1H3/t27-/m0/s1. The highest BCUT2D eigenvalue weighted by Gasteiger charge is 2.41. The van der Waals surface area contributed by atoms with E-state index in [0.717, 1.165) is 25.1 Å². The van der Waals surface area contributed by atoms with Gasteiger partial charge < -0.3 is 9.80 Å². The van der Waals surface area contributed by atoms with Crippen LogP contribution < -0.4 is 0 Å². The van der Waals surface area contributed by atoms with Crippen LogP contribution in [0.5, 0.6) is 0 Å². The van der Waals surface area contributed by atoms with Gasteiger partial charge in [-0.2, -0.15) is 0 Å². The second-order valence-electron chi connectivity index (χ2n) is 10.2. The minimum absolute atomic E-state index is 0.189. The lowest BCUT2D eigenvalue weighted by molar-refractivity contribution is -0.129. The van der Waals surface area contributed by atoms with Gasteiger partial charge >= 0.3 is 0 Å². The minimum Gasteiger partial charge on any atom is -0.345 e. The molecule has 3 aromatic rings. The van der Waals surface area contributed by atoms with Gasteiger partial charge in [-0.3, -0.25) is 4.79 Å². The number of hydrogen-bond donors (Lipinski definition) is 0. The summed E-state index contributed by atoms with van der Waals surface area (Å²) in [5, 5.41) is 0. The fourth-order valence-corrected chi connectivity index (χ4v) is 7.20. The number of nitrogens with zero attached hydrogens (tertiary/aromatic N) is 2. The summed E-state index contributed by atoms with van der Waals surface area (Å²) in [5.74, 6) is 1.77. The zero-order valence-electron chi connectivity index (χ0n) is 20.7. The van der Waals surface area contributed by atoms with Gasteiger partial charge in [0.1, 0.15) is 0 Å². The van der Waals surface area contributed by atoms with Gasteiger partial charge in [-0.1, -0.05) is 78.9 Å². The number of rotatable bonds is 8. The van der Waals surface area contributed by atoms with E-state index in [-0.39, 0.29) is 5.91 Å². The molecule has 2 heterocycles. The molecule has 0 bridgehead atoms. The molecule has 0 N–H and O–H groups in total. The van der Waals surface area contributed by atoms with Crippen LogP contribution in [0.3, 0.4) is 0 Å². The number of hydrogen-bond acceptors (Lipinski definition) is 3. The lowest BCUT2D eigenvalue weighted by Gasteiger charge is -2.40. The Morgan fingerprint density at radius 2 is 1.60 bits per heavy atom. The number of carbonyl (C=O) groups is 1. The highest BCUT2D eigenvalue weighted by atomic mass is 32.2. The lowest BCUT2D eigenvalue weighted by atomic mass is 9.74. The maximum atomic E-state index is 12.9. The highest BCUT2D eigenvalue weighted by molar-refractivity contribution is 7.99. The van der Waals surface area contributed by atoms with Crippen LogP contribution >= 0.6 is 11.8 Å². The monoisotopic (exact) mass is 484 g/mol. The molecule has 3 nitrogen and oxygen atoms in total. The average molecular weight is 485 g/mol. The number of piperidine rings is 1. The van der Waals surface area contributed by atoms with Crippen LogP contribution in [0.15, 0.2) is 89.8 Å². The Kier molecular flexibility index (Phi) is 7.60. The van der Waals surface area contributed by atoms with E-state index in [1.807, 2.05) is 54.0 Å². The van der Waals surface area contributed by atoms with Gasteiger partial charge in [0.25, 0.3) is 0 Å². The molecule has 1 amide bonds. The summed E-state index contributed by atoms with van der Waals surface area (Å²) in [6.07, 6.45) is 4.04. The van der Waals surface area contributed by atoms with Gasteiger partial charge in [0.05, 0.1) is 6.42 Å². The Bertz CT molecular complexity index is 1110. The molecule has 1 atom stereocenters. The number of benzene rings is 3. The first-order valence-electron chi connectivity index (χ1n) is 12.9. The summed E-state index contributed by atoms with van der Waals surface area (Å²) in [5.41, 5.74) is 4.38. The van der Waals surface area contributed by atoms with E-state index < -0.39 is 0 Å². The van der Waals surface area contributed by atoms with Crippen LogP contribution in [0.4, 0.5) is 0 Å². The quantitative estimate of drug-likeness (QED) is 0.392. The van der Waals surface area contributed by atoms with Crippen LogP contribution in [0, 0.1) is 0 Å². The van der Waals surface area contributed by atoms with E-state index in [1.54, 1.807) is 5.56 Å². The summed E-state index contributed by atoms with van der Waals surface area (Å²) in [6.45, 7) is 4.18. The normalized spacial score (nSPS) is 17.7. The van der Waals surface area contributed by atoms with Crippen molar-refractivity contribution in [2.24, 2.45) is 0 Å². The van der Waals surface area contributed by atoms with Gasteiger partial charge in [-0.15, -0.1) is 11.8 Å². The van der Waals surface area contributed by atoms with E-state index in [9.17, 15) is 4.79 Å². The molecule has 2 aliphatic heterocycles. The zero-order chi connectivity index (χ0) is 24.1. The van der Waals surface area contributed by atoms with Crippen molar-refractivity contribution in [3.8, 4) is 0 Å². The van der Waals surface area contributed by atoms with E-state index in [2.05, 4.69) is 59.5 Å². The van der Waals surface area contributed by atoms with Crippen molar-refractivity contribution < 1.29 is 4.79 Å². The molecular weight excluding hydrogens is 448 g/mol. The molecule has 0 aromatic heterocycles. The molecule has 182 valence electrons. The maximum Gasteiger partial charge on any atom is 0.226 e. The number of thioether (sulfide) groups is 1. The maximum absolute atomic E-state index is 12.9. The second-order valence-corrected chi connectivity index (χ2v) is 11.3. The van der Waals surface area contributed by atoms with Gasteiger partial charge in [0, 0.05) is 35.6 Å². The topological polar surface area (TPSA) is 23.6 Å². The number of likely N-dealkylation sites (N-methyl/N-ethyl adjacent to an activating group) is 1. The second kappa shape index (κ2) is 11.0. The smallest absolute Gasteiger partial charge is 0.226 e. The highest BCUT2D eigenvalue weighted by Crippen LogP contribution is 2.49. The zero-order valence-corrected chi connectivity index (χ0v) is 21.6. The molecule has 5 rings (SSSR count). The largest absolute Gasteiger partial charge is 0.345 e. The van der Waals surface area contributed by atoms with Crippen molar-refractivity contribution in [2.45, 2.75) is 41.9 Å². The molecule has 2 aliphatic rings. The van der Waals surface area contributed by atoms with Crippen LogP contribution in [-0.4, -0.2) is 54.7 Å². The molecule has 35 heavy (non-hydrogen) atoms. The van der Waals surface area contributed by atoms with Crippen LogP contribution in [0.1, 0.15) is 41.9 Å². The van der Waals surface area contributed by atoms with Crippen molar-refractivity contribution in [2.75, 3.05) is 39.0 Å². The number of amides is 1. The van der Waals surface area contributed by atoms with Crippen LogP contribution in [0.2, 0.25) is 0 Å². The van der Waals surface area contributed by atoms with Crippen molar-refractivity contribution in [3.05, 3.63) is 102 Å². The summed E-state index contributed by atoms with van der Waals surface area (Å²) in [7, 11) is 1.96. The first kappa shape index (κ1) is 24.1. The molecule has 0 radical (unpaired) electrons. The number of fused-ring (bicyclic) bond motifs is 2. The number of carbonyl (C=O) groups excluding carboxylic acids is 1. The van der Waals surface area contributed by atoms with Crippen molar-refractivity contribution in [1.29, 1.82) is 0 Å². The minimum atomic E-state index is 0.189. The van der Waals surface area contributed by atoms with Crippen LogP contribution in [0.25, 0.3) is 0 Å². The molecule has 0 unspecified atom stereocenters. The molecule has 0 saturated carbocycles. The molecule has 1 saturated heterocycles. The van der Waals surface area contributed by atoms with E-state index >= 15 is 0 Å². The third-order valence-corrected chi connectivity index (χ3v) is 9.32. The van der Waals surface area contributed by atoms with Crippen molar-refractivity contribution in [1.82, 2.24) is 9.80 Å². The van der Waals surface area contributed by atoms with Gasteiger partial charge in [0.2, 0.25) is 5.91 Å². The average Bonchev–Trinajstić information content (AvgIpc) is 3.26. The van der Waals surface area contributed by atoms with E-state index in [0.29, 0.717) is 17.8 Å². The van der Waals surface area contributed by atoms with Crippen molar-refractivity contribution in [3.63, 3.8) is 0 Å². The summed E-state index contributed by atoms with van der Waals surface area (Å²) in [4.78, 5) is 19.0. The Balaban J connectivity index is 1.19. The predicted octanol–water partition coefficient (Wildman–Crippen LogP) is 6.00. The first-order valence-corrected chi connectivity index (χ1v) is 13.9. The van der Waals surface area contributed by atoms with E-state index in [4.69, 9.17) is 0 Å². The molecular formula is C31H36N2OS. The fraction of sp³-hybridized carbons (Fsp3) is 0.387. The Morgan fingerprint density at radius 3 is 2.34 bits per heavy atom. The summed E-state index contributed by atoms with van der Waals surface area (Å²) >= 11 is 2.04. The Morgan fingerprint density at radius 1 is 0.943 bits per heavy atom. The summed E-state index contributed by atoms with van der Waals surface area (Å²) in [6, 6.07) is 29.8. The van der Waals surface area contributed by atoms with Gasteiger partial charge in [-0.25, -0.2) is 0 Å². The first-order chi connectivity index (χ1) is 17.1. The third-order valence-electron chi connectivity index (χ3n) is 7.96. The molecule has 1 spiro atoms. The predicted molar refractivity (Wildman–Crippen MR) is 146 cm³/mol. The number of likely N-dealkylation sites (tertiary alicyclic amines) is 1. The Labute approximate surface area is 214 Å². The molecule has 1 fully saturated rings.